The molecule has 4 rings (SSSR count). The highest BCUT2D eigenvalue weighted by Crippen LogP contribution is 2.61. The topological polar surface area (TPSA) is 30.7 Å². The van der Waals surface area contributed by atoms with Crippen molar-refractivity contribution in [1.82, 2.24) is 14.8 Å². The van der Waals surface area contributed by atoms with Crippen molar-refractivity contribution in [2.45, 2.75) is 130 Å². The van der Waals surface area contributed by atoms with Gasteiger partial charge in [-0.2, -0.15) is 0 Å². The second-order valence-electron chi connectivity index (χ2n) is 15.2. The van der Waals surface area contributed by atoms with Crippen LogP contribution in [0.1, 0.15) is 130 Å². The maximum atomic E-state index is 6.90. The summed E-state index contributed by atoms with van der Waals surface area (Å²) >= 11 is 13.8. The number of rotatable bonds is 25. The van der Waals surface area contributed by atoms with E-state index in [9.17, 15) is 0 Å². The van der Waals surface area contributed by atoms with E-state index in [0.717, 1.165) is 39.6 Å². The smallest absolute Gasteiger partial charge is 0.169 e. The van der Waals surface area contributed by atoms with Crippen molar-refractivity contribution < 1.29 is 0 Å². The van der Waals surface area contributed by atoms with Crippen LogP contribution in [0.15, 0.2) is 66.7 Å². The van der Waals surface area contributed by atoms with Gasteiger partial charge in [0, 0.05) is 43.1 Å². The number of hydrogen-bond acceptors (Lipinski definition) is 2. The minimum Gasteiger partial charge on any atom is -0.275 e. The first-order valence-corrected chi connectivity index (χ1v) is 26.8. The van der Waals surface area contributed by atoms with Crippen molar-refractivity contribution in [2.75, 3.05) is 37.0 Å². The van der Waals surface area contributed by atoms with Crippen molar-refractivity contribution in [1.29, 1.82) is 0 Å². The molecule has 0 amide bonds. The average molecular weight is 797 g/mol. The maximum absolute atomic E-state index is 6.90. The van der Waals surface area contributed by atoms with Gasteiger partial charge in [-0.05, 0) is 98.2 Å². The number of unbranched alkanes of at least 4 members (excludes halogenated alkanes) is 6. The standard InChI is InChI=1S/C46H69Cl2N3P2/c1-7-13-28-52(29-14-8-2,30-15-9-3)41-24-26-43(38(34-41)36-47)45-49-50-46(51(45)40-22-20-19-21-23-40)44-27-25-42(35-39(44)37-48)53(31-16-10-4,32-17-11-5)33-18-12-6/h19-27,34-35H,7-18,28-33,36-37H2,1-6H3/q+2. The van der Waals surface area contributed by atoms with Crippen LogP contribution in [0, 0.1) is 0 Å². The average Bonchev–Trinajstić information content (AvgIpc) is 3.65. The summed E-state index contributed by atoms with van der Waals surface area (Å²) in [5.74, 6) is 2.56. The van der Waals surface area contributed by atoms with E-state index < -0.39 is 14.5 Å². The Morgan fingerprint density at radius 1 is 0.472 bits per heavy atom. The second-order valence-corrected chi connectivity index (χ2v) is 24.1. The molecular formula is C46H69Cl2N3P2+2. The van der Waals surface area contributed by atoms with Crippen molar-refractivity contribution in [3.8, 4) is 28.5 Å². The highest BCUT2D eigenvalue weighted by atomic mass is 35.5. The molecule has 0 aliphatic rings. The molecule has 1 heterocycles. The third-order valence-electron chi connectivity index (χ3n) is 11.4. The van der Waals surface area contributed by atoms with E-state index in [-0.39, 0.29) is 0 Å². The molecule has 0 spiro atoms. The van der Waals surface area contributed by atoms with Crippen LogP contribution in [0.4, 0.5) is 0 Å². The zero-order valence-corrected chi connectivity index (χ0v) is 37.3. The Balaban J connectivity index is 1.90. The lowest BCUT2D eigenvalue weighted by molar-refractivity contribution is 0.841. The van der Waals surface area contributed by atoms with Crippen LogP contribution < -0.4 is 10.6 Å². The van der Waals surface area contributed by atoms with Gasteiger partial charge in [-0.25, -0.2) is 0 Å². The van der Waals surface area contributed by atoms with Gasteiger partial charge in [0.2, 0.25) is 0 Å². The number of alkyl halides is 2. The van der Waals surface area contributed by atoms with Gasteiger partial charge in [-0.1, -0.05) is 98.3 Å². The minimum absolute atomic E-state index is 0.441. The molecule has 0 unspecified atom stereocenters. The van der Waals surface area contributed by atoms with Gasteiger partial charge < -0.3 is 0 Å². The van der Waals surface area contributed by atoms with Crippen LogP contribution in [0.2, 0.25) is 0 Å². The van der Waals surface area contributed by atoms with Crippen LogP contribution in [-0.2, 0) is 11.8 Å². The third-order valence-corrected chi connectivity index (χ3v) is 21.7. The summed E-state index contributed by atoms with van der Waals surface area (Å²) in [4.78, 5) is 0. The molecule has 290 valence electrons. The summed E-state index contributed by atoms with van der Waals surface area (Å²) in [6.07, 6.45) is 23.3. The predicted molar refractivity (Wildman–Crippen MR) is 243 cm³/mol. The number of aromatic nitrogens is 3. The molecule has 0 aliphatic carbocycles. The van der Waals surface area contributed by atoms with Crippen LogP contribution in [0.5, 0.6) is 0 Å². The van der Waals surface area contributed by atoms with Gasteiger partial charge in [0.05, 0.1) is 47.6 Å². The SMILES string of the molecule is CCCC[P+](CCCC)(CCCC)c1ccc(-c2nnc(-c3ccc([P+](CCCC)(CCCC)CCCC)cc3CCl)n2-c2ccccc2)c(CCl)c1. The molecule has 53 heavy (non-hydrogen) atoms. The summed E-state index contributed by atoms with van der Waals surface area (Å²) < 4.78 is 2.25. The Morgan fingerprint density at radius 2 is 0.811 bits per heavy atom. The fraction of sp³-hybridized carbons (Fsp3) is 0.565. The molecule has 3 aromatic carbocycles. The van der Waals surface area contributed by atoms with E-state index in [0.29, 0.717) is 11.8 Å². The van der Waals surface area contributed by atoms with Crippen molar-refractivity contribution in [2.24, 2.45) is 0 Å². The van der Waals surface area contributed by atoms with E-state index in [2.05, 4.69) is 113 Å². The highest BCUT2D eigenvalue weighted by Gasteiger charge is 2.40. The summed E-state index contributed by atoms with van der Waals surface area (Å²) in [6, 6.07) is 25.0. The largest absolute Gasteiger partial charge is 0.275 e. The highest BCUT2D eigenvalue weighted by molar-refractivity contribution is 7.83. The van der Waals surface area contributed by atoms with E-state index in [1.54, 1.807) is 10.6 Å². The van der Waals surface area contributed by atoms with Gasteiger partial charge >= 0.3 is 0 Å². The monoisotopic (exact) mass is 795 g/mol. The molecular weight excluding hydrogens is 727 g/mol. The molecule has 0 atom stereocenters. The Kier molecular flexibility index (Phi) is 18.8. The zero-order chi connectivity index (χ0) is 38.1. The summed E-state index contributed by atoms with van der Waals surface area (Å²) in [7, 11) is -2.65. The Morgan fingerprint density at radius 3 is 1.11 bits per heavy atom. The summed E-state index contributed by atoms with van der Waals surface area (Å²) in [5.41, 5.74) is 5.49. The second kappa shape index (κ2) is 22.7. The number of benzene rings is 3. The summed E-state index contributed by atoms with van der Waals surface area (Å²) in [5, 5.41) is 13.1. The van der Waals surface area contributed by atoms with Gasteiger partial charge in [-0.15, -0.1) is 33.4 Å². The number of nitrogens with zero attached hydrogens (tertiary/aromatic N) is 3. The lowest BCUT2D eigenvalue weighted by atomic mass is 10.1. The fourth-order valence-electron chi connectivity index (χ4n) is 8.07. The zero-order valence-electron chi connectivity index (χ0n) is 34.0. The number of hydrogen-bond donors (Lipinski definition) is 0. The van der Waals surface area contributed by atoms with Crippen molar-refractivity contribution >= 4 is 48.3 Å². The predicted octanol–water partition coefficient (Wildman–Crippen LogP) is 14.2. The molecule has 4 aromatic rings. The van der Waals surface area contributed by atoms with Crippen molar-refractivity contribution in [3.05, 3.63) is 77.9 Å². The molecule has 0 bridgehead atoms. The first-order chi connectivity index (χ1) is 25.9. The van der Waals surface area contributed by atoms with Crippen LogP contribution in [0.3, 0.4) is 0 Å². The van der Waals surface area contributed by atoms with Gasteiger partial charge in [0.15, 0.2) is 11.6 Å². The Labute approximate surface area is 335 Å². The van der Waals surface area contributed by atoms with Gasteiger partial charge in [0.25, 0.3) is 0 Å². The lowest BCUT2D eigenvalue weighted by Gasteiger charge is -2.29. The molecule has 0 saturated carbocycles. The Hall–Kier alpha value is -1.76. The normalized spacial score (nSPS) is 12.2. The molecule has 0 aliphatic heterocycles. The first-order valence-electron chi connectivity index (χ1n) is 21.0. The molecule has 0 saturated heterocycles. The van der Waals surface area contributed by atoms with E-state index in [1.807, 2.05) is 0 Å². The maximum Gasteiger partial charge on any atom is 0.169 e. The lowest BCUT2D eigenvalue weighted by Crippen LogP contribution is -2.22. The summed E-state index contributed by atoms with van der Waals surface area (Å²) in [6.45, 7) is 14.0. The molecule has 0 N–H and O–H groups in total. The molecule has 1 aromatic heterocycles. The van der Waals surface area contributed by atoms with Crippen LogP contribution in [0.25, 0.3) is 28.5 Å². The van der Waals surface area contributed by atoms with E-state index >= 15 is 0 Å². The van der Waals surface area contributed by atoms with Gasteiger partial charge in [0.1, 0.15) is 0 Å². The molecule has 0 radical (unpaired) electrons. The molecule has 7 heteroatoms. The first kappa shape index (κ1) is 44.0. The fourth-order valence-corrected chi connectivity index (χ4v) is 18.6. The minimum atomic E-state index is -1.33. The van der Waals surface area contributed by atoms with Crippen LogP contribution in [-0.4, -0.2) is 51.7 Å². The number of halogens is 2. The Bertz CT molecular complexity index is 1510. The molecule has 3 nitrogen and oxygen atoms in total. The van der Waals surface area contributed by atoms with Gasteiger partial charge in [-0.3, -0.25) is 4.57 Å². The third kappa shape index (κ3) is 11.0. The van der Waals surface area contributed by atoms with E-state index in [4.69, 9.17) is 33.4 Å². The quantitative estimate of drug-likeness (QED) is 0.0494. The molecule has 0 fully saturated rings. The van der Waals surface area contributed by atoms with E-state index in [1.165, 1.54) is 114 Å². The number of para-hydroxylation sites is 1. The van der Waals surface area contributed by atoms with Crippen LogP contribution >= 0.6 is 37.7 Å². The van der Waals surface area contributed by atoms with Crippen molar-refractivity contribution in [3.63, 3.8) is 0 Å².